The normalized spacial score (nSPS) is 17.0. The third-order valence-electron chi connectivity index (χ3n) is 1.76. The van der Waals surface area contributed by atoms with E-state index in [1.165, 1.54) is 0 Å². The van der Waals surface area contributed by atoms with E-state index in [1.54, 1.807) is 19.2 Å². The molecule has 0 saturated carbocycles. The van der Waals surface area contributed by atoms with Crippen LogP contribution in [-0.4, -0.2) is 13.4 Å². The van der Waals surface area contributed by atoms with Crippen LogP contribution in [0.2, 0.25) is 0 Å². The van der Waals surface area contributed by atoms with Crippen LogP contribution in [-0.2, 0) is 15.8 Å². The molecule has 64 valence electrons. The molecule has 1 aliphatic rings. The molecule has 0 saturated heterocycles. The van der Waals surface area contributed by atoms with E-state index in [1.807, 2.05) is 0 Å². The molecule has 13 heavy (non-hydrogen) atoms. The molecule has 1 aromatic rings. The number of hydrogen-bond acceptors (Lipinski definition) is 3. The summed E-state index contributed by atoms with van der Waals surface area (Å²) in [4.78, 5) is 3.96. The summed E-state index contributed by atoms with van der Waals surface area (Å²) in [5.41, 5.74) is 1.95. The van der Waals surface area contributed by atoms with Crippen LogP contribution in [0.5, 0.6) is 0 Å². The van der Waals surface area contributed by atoms with Gasteiger partial charge in [-0.2, -0.15) is 0 Å². The summed E-state index contributed by atoms with van der Waals surface area (Å²) in [6.07, 6.45) is 1.60. The van der Waals surface area contributed by atoms with Crippen molar-refractivity contribution in [1.29, 1.82) is 0 Å². The van der Waals surface area contributed by atoms with Crippen molar-refractivity contribution in [3.8, 4) is 0 Å². The van der Waals surface area contributed by atoms with Crippen molar-refractivity contribution in [3.63, 3.8) is 0 Å². The summed E-state index contributed by atoms with van der Waals surface area (Å²) >= 11 is 0. The molecule has 6 heteroatoms. The standard InChI is InChI=1S/C7H7N2O2S.Rb/c1-5-7-6(2-3-8-5)4-12(10,11)9-7;/h2-3H,4H2,1H3;/q-1;+1. The fourth-order valence-electron chi connectivity index (χ4n) is 1.22. The van der Waals surface area contributed by atoms with Gasteiger partial charge in [0.1, 0.15) is 0 Å². The van der Waals surface area contributed by atoms with Gasteiger partial charge in [0.15, 0.2) is 0 Å². The van der Waals surface area contributed by atoms with Crippen LogP contribution in [0.15, 0.2) is 12.3 Å². The van der Waals surface area contributed by atoms with Gasteiger partial charge in [-0.3, -0.25) is 4.98 Å². The summed E-state index contributed by atoms with van der Waals surface area (Å²) in [5, 5.41) is 0. The quantitative estimate of drug-likeness (QED) is 0.560. The molecular weight excluding hydrogens is 262 g/mol. The number of sulfonamides is 1. The molecular formula is C7H7N2O2RbS. The summed E-state index contributed by atoms with van der Waals surface area (Å²) in [6, 6.07) is 1.69. The maximum Gasteiger partial charge on any atom is 1.00 e. The van der Waals surface area contributed by atoms with Gasteiger partial charge in [0.2, 0.25) is 0 Å². The number of nitrogens with zero attached hydrogens (tertiary/aromatic N) is 2. The second-order valence-corrected chi connectivity index (χ2v) is 4.36. The molecule has 0 unspecified atom stereocenters. The SMILES string of the molecule is Cc1nccc2c1[N-]S(=O)(=O)C2.[Rb+]. The molecule has 2 heterocycles. The van der Waals surface area contributed by atoms with Gasteiger partial charge in [0.25, 0.3) is 0 Å². The van der Waals surface area contributed by atoms with Gasteiger partial charge in [0, 0.05) is 11.9 Å². The van der Waals surface area contributed by atoms with Crippen molar-refractivity contribution in [2.24, 2.45) is 0 Å². The number of hydrogen-bond donors (Lipinski definition) is 0. The largest absolute Gasteiger partial charge is 1.00 e. The summed E-state index contributed by atoms with van der Waals surface area (Å²) < 4.78 is 25.7. The molecule has 0 atom stereocenters. The number of pyridine rings is 1. The van der Waals surface area contributed by atoms with Gasteiger partial charge in [-0.15, -0.1) is 5.69 Å². The third-order valence-corrected chi connectivity index (χ3v) is 2.90. The number of fused-ring (bicyclic) bond motifs is 1. The first kappa shape index (κ1) is 11.8. The summed E-state index contributed by atoms with van der Waals surface area (Å²) in [5.74, 6) is 0.0195. The number of aromatic nitrogens is 1. The molecule has 0 N–H and O–H groups in total. The molecule has 0 fully saturated rings. The van der Waals surface area contributed by atoms with Crippen molar-refractivity contribution in [2.45, 2.75) is 12.7 Å². The van der Waals surface area contributed by atoms with Crippen LogP contribution in [0, 0.1) is 6.92 Å². The molecule has 0 amide bonds. The maximum atomic E-state index is 11.0. The Hall–Kier alpha value is 0.705. The van der Waals surface area contributed by atoms with Crippen molar-refractivity contribution < 1.29 is 66.6 Å². The first-order valence-corrected chi connectivity index (χ1v) is 5.09. The van der Waals surface area contributed by atoms with Crippen LogP contribution in [0.3, 0.4) is 0 Å². The first-order valence-electron chi connectivity index (χ1n) is 3.49. The van der Waals surface area contributed by atoms with E-state index in [-0.39, 0.29) is 63.9 Å². The van der Waals surface area contributed by atoms with Crippen LogP contribution < -0.4 is 58.2 Å². The zero-order valence-corrected chi connectivity index (χ0v) is 13.2. The van der Waals surface area contributed by atoms with Crippen molar-refractivity contribution >= 4 is 15.7 Å². The Balaban J connectivity index is 0.000000845. The zero-order valence-electron chi connectivity index (χ0n) is 7.48. The second kappa shape index (κ2) is 4.06. The molecule has 0 aromatic carbocycles. The molecule has 1 aliphatic heterocycles. The van der Waals surface area contributed by atoms with Gasteiger partial charge in [0.05, 0.1) is 15.8 Å². The number of aryl methyl sites for hydroxylation is 1. The fourth-order valence-corrected chi connectivity index (χ4v) is 2.44. The zero-order chi connectivity index (χ0) is 8.77. The monoisotopic (exact) mass is 268 g/mol. The summed E-state index contributed by atoms with van der Waals surface area (Å²) in [6.45, 7) is 1.75. The minimum absolute atomic E-state index is 0. The fraction of sp³-hybridized carbons (Fsp3) is 0.286. The van der Waals surface area contributed by atoms with Gasteiger partial charge < -0.3 is 4.72 Å². The van der Waals surface area contributed by atoms with Gasteiger partial charge in [-0.1, -0.05) is 0 Å². The molecule has 0 aliphatic carbocycles. The predicted molar refractivity (Wildman–Crippen MR) is 44.6 cm³/mol. The Morgan fingerprint density at radius 1 is 1.54 bits per heavy atom. The summed E-state index contributed by atoms with van der Waals surface area (Å²) in [7, 11) is -3.24. The Morgan fingerprint density at radius 3 is 2.85 bits per heavy atom. The maximum absolute atomic E-state index is 11.0. The van der Waals surface area contributed by atoms with Gasteiger partial charge >= 0.3 is 58.2 Å². The van der Waals surface area contributed by atoms with E-state index < -0.39 is 10.0 Å². The molecule has 0 bridgehead atoms. The Morgan fingerprint density at radius 2 is 2.23 bits per heavy atom. The van der Waals surface area contributed by atoms with E-state index in [0.717, 1.165) is 5.56 Å². The Bertz CT molecular complexity index is 430. The Labute approximate surface area is 126 Å². The smallest absolute Gasteiger partial charge is 0.575 e. The molecule has 0 spiro atoms. The van der Waals surface area contributed by atoms with E-state index in [2.05, 4.69) is 9.71 Å². The van der Waals surface area contributed by atoms with Gasteiger partial charge in [-0.05, 0) is 18.6 Å². The number of rotatable bonds is 0. The average molecular weight is 269 g/mol. The topological polar surface area (TPSA) is 61.1 Å². The van der Waals surface area contributed by atoms with Crippen LogP contribution in [0.25, 0.3) is 4.72 Å². The van der Waals surface area contributed by atoms with E-state index in [0.29, 0.717) is 11.4 Å². The van der Waals surface area contributed by atoms with Crippen LogP contribution >= 0.6 is 0 Å². The molecule has 2 rings (SSSR count). The average Bonchev–Trinajstić information content (AvgIpc) is 2.25. The van der Waals surface area contributed by atoms with Crippen molar-refractivity contribution in [1.82, 2.24) is 4.98 Å². The first-order chi connectivity index (χ1) is 5.58. The van der Waals surface area contributed by atoms with Crippen LogP contribution in [0.1, 0.15) is 11.3 Å². The van der Waals surface area contributed by atoms with E-state index >= 15 is 0 Å². The molecule has 1 aromatic heterocycles. The molecule has 4 nitrogen and oxygen atoms in total. The minimum atomic E-state index is -3.24. The van der Waals surface area contributed by atoms with Crippen molar-refractivity contribution in [3.05, 3.63) is 28.2 Å². The predicted octanol–water partition coefficient (Wildman–Crippen LogP) is -1.76. The van der Waals surface area contributed by atoms with Gasteiger partial charge in [-0.25, -0.2) is 8.42 Å². The van der Waals surface area contributed by atoms with Crippen molar-refractivity contribution in [2.75, 3.05) is 0 Å². The third kappa shape index (κ3) is 2.39. The van der Waals surface area contributed by atoms with E-state index in [9.17, 15) is 8.42 Å². The second-order valence-electron chi connectivity index (χ2n) is 2.72. The van der Waals surface area contributed by atoms with Crippen LogP contribution in [0.4, 0.5) is 5.69 Å². The van der Waals surface area contributed by atoms with E-state index in [4.69, 9.17) is 0 Å². The minimum Gasteiger partial charge on any atom is -0.575 e. The Kier molecular flexibility index (Phi) is 3.68. The molecule has 0 radical (unpaired) electrons.